The predicted octanol–water partition coefficient (Wildman–Crippen LogP) is -2.51. The van der Waals surface area contributed by atoms with E-state index < -0.39 is 4.92 Å². The average Bonchev–Trinajstić information content (AvgIpc) is 2.46. The van der Waals surface area contributed by atoms with Crippen molar-refractivity contribution in [2.24, 2.45) is 0 Å². The van der Waals surface area contributed by atoms with Crippen LogP contribution in [0, 0.1) is 10.1 Å². The lowest BCUT2D eigenvalue weighted by Gasteiger charge is -2.60. The van der Waals surface area contributed by atoms with Crippen molar-refractivity contribution in [1.29, 1.82) is 0 Å². The summed E-state index contributed by atoms with van der Waals surface area (Å²) in [4.78, 5) is 17.7. The Morgan fingerprint density at radius 3 is 2.04 bits per heavy atom. The number of nitro benzene ring substituents is 1. The number of quaternary nitrogens is 1. The highest BCUT2D eigenvalue weighted by molar-refractivity contribution is 5.35. The lowest BCUT2D eigenvalue weighted by Crippen LogP contribution is -3.00. The summed E-state index contributed by atoms with van der Waals surface area (Å²) in [5.41, 5.74) is 0.0950. The number of hydrogen-bond acceptors (Lipinski definition) is 6. The van der Waals surface area contributed by atoms with Crippen LogP contribution in [0.15, 0.2) is 24.3 Å². The van der Waals surface area contributed by atoms with Crippen molar-refractivity contribution < 1.29 is 31.1 Å². The van der Waals surface area contributed by atoms with Gasteiger partial charge in [-0.15, -0.1) is 0 Å². The number of halogens is 1. The molecule has 9 heteroatoms. The van der Waals surface area contributed by atoms with Gasteiger partial charge in [0.2, 0.25) is 0 Å². The molecule has 0 atom stereocenters. The van der Waals surface area contributed by atoms with Gasteiger partial charge in [0, 0.05) is 12.1 Å². The molecule has 4 fully saturated rings. The molecule has 0 spiro atoms. The Bertz CT molecular complexity index is 547. The number of nitro groups is 1. The fourth-order valence-corrected chi connectivity index (χ4v) is 3.89. The third-order valence-corrected chi connectivity index (χ3v) is 4.58. The summed E-state index contributed by atoms with van der Waals surface area (Å²) in [6.45, 7) is 8.12. The van der Waals surface area contributed by atoms with Crippen LogP contribution in [0.4, 0.5) is 5.69 Å². The van der Waals surface area contributed by atoms with Gasteiger partial charge in [0.15, 0.2) is 0 Å². The van der Waals surface area contributed by atoms with Crippen LogP contribution >= 0.6 is 0 Å². The minimum atomic E-state index is -0.395. The third kappa shape index (κ3) is 3.33. The van der Waals surface area contributed by atoms with E-state index in [1.54, 1.807) is 12.1 Å². The first kappa shape index (κ1) is 16.6. The molecular weight excluding hydrogens is 366 g/mol. The van der Waals surface area contributed by atoms with Crippen LogP contribution in [0.3, 0.4) is 0 Å². The van der Waals surface area contributed by atoms with Crippen LogP contribution in [0.2, 0.25) is 0 Å². The zero-order chi connectivity index (χ0) is 15.2. The first-order chi connectivity index (χ1) is 10.6. The predicted molar refractivity (Wildman–Crippen MR) is 78.4 cm³/mol. The molecule has 0 aliphatic carbocycles. The van der Waals surface area contributed by atoms with Crippen molar-refractivity contribution in [3.8, 4) is 5.75 Å². The van der Waals surface area contributed by atoms with E-state index in [-0.39, 0.29) is 22.7 Å². The molecule has 4 bridgehead atoms. The Morgan fingerprint density at radius 1 is 1.04 bits per heavy atom. The highest BCUT2D eigenvalue weighted by atomic mass is 79.9. The van der Waals surface area contributed by atoms with Gasteiger partial charge in [-0.1, -0.05) is 0 Å². The smallest absolute Gasteiger partial charge is 0.269 e. The molecule has 0 amide bonds. The summed E-state index contributed by atoms with van der Waals surface area (Å²) in [5.74, 6) is 0.695. The van der Waals surface area contributed by atoms with Gasteiger partial charge in [-0.2, -0.15) is 0 Å². The Hall–Kier alpha value is -1.26. The lowest BCUT2D eigenvalue weighted by molar-refractivity contribution is -0.980. The van der Waals surface area contributed by atoms with E-state index in [0.29, 0.717) is 12.4 Å². The van der Waals surface area contributed by atoms with Gasteiger partial charge in [-0.05, 0) is 12.1 Å². The molecule has 0 saturated carbocycles. The normalized spacial score (nSPS) is 34.0. The fraction of sp³-hybridized carbons (Fsp3) is 0.571. The van der Waals surface area contributed by atoms with Gasteiger partial charge >= 0.3 is 0 Å². The first-order valence-corrected chi connectivity index (χ1v) is 7.51. The van der Waals surface area contributed by atoms with Crippen molar-refractivity contribution in [1.82, 2.24) is 14.7 Å². The maximum absolute atomic E-state index is 10.6. The number of hydrogen-bond donors (Lipinski definition) is 0. The zero-order valence-electron chi connectivity index (χ0n) is 12.8. The molecule has 0 unspecified atom stereocenters. The monoisotopic (exact) mass is 385 g/mol. The molecular formula is C14H20BrN5O3. The molecule has 4 saturated heterocycles. The van der Waals surface area contributed by atoms with E-state index in [0.717, 1.165) is 51.0 Å². The second-order valence-electron chi connectivity index (χ2n) is 6.53. The third-order valence-electron chi connectivity index (χ3n) is 4.58. The van der Waals surface area contributed by atoms with Gasteiger partial charge < -0.3 is 21.7 Å². The molecule has 0 N–H and O–H groups in total. The first-order valence-electron chi connectivity index (χ1n) is 7.51. The molecule has 126 valence electrons. The van der Waals surface area contributed by atoms with Gasteiger partial charge in [-0.25, -0.2) is 14.7 Å². The number of rotatable bonds is 5. The molecule has 4 aliphatic heterocycles. The van der Waals surface area contributed by atoms with Crippen molar-refractivity contribution in [2.45, 2.75) is 0 Å². The summed E-state index contributed by atoms with van der Waals surface area (Å²) in [7, 11) is 0. The largest absolute Gasteiger partial charge is 1.00 e. The zero-order valence-corrected chi connectivity index (χ0v) is 14.4. The van der Waals surface area contributed by atoms with Gasteiger partial charge in [0.25, 0.3) is 5.69 Å². The number of non-ortho nitro benzene ring substituents is 1. The van der Waals surface area contributed by atoms with Gasteiger partial charge in [0.1, 0.15) is 38.9 Å². The number of ether oxygens (including phenoxy) is 1. The minimum absolute atomic E-state index is 0. The van der Waals surface area contributed by atoms with E-state index in [4.69, 9.17) is 4.74 Å². The molecule has 0 aromatic heterocycles. The minimum Gasteiger partial charge on any atom is -1.00 e. The molecule has 4 heterocycles. The topological polar surface area (TPSA) is 62.1 Å². The quantitative estimate of drug-likeness (QED) is 0.317. The van der Waals surface area contributed by atoms with Gasteiger partial charge in [0.05, 0.1) is 24.9 Å². The standard InChI is InChI=1S/C14H20N5O3.BrH/c20-18(21)13-1-3-14(4-2-13)22-6-5-19-10-15-7-16(11-19)9-17(8-15)12-19;/h1-4H,5-12H2;1H/q+1;/p-1. The molecule has 1 aromatic rings. The van der Waals surface area contributed by atoms with Crippen molar-refractivity contribution >= 4 is 5.69 Å². The SMILES string of the molecule is O=[N+]([O-])c1ccc(OCC[N+]23CN4CN(CN(C4)C2)C3)cc1.[Br-]. The van der Waals surface area contributed by atoms with E-state index in [1.165, 1.54) is 12.1 Å². The van der Waals surface area contributed by atoms with Crippen LogP contribution in [0.5, 0.6) is 5.75 Å². The average molecular weight is 386 g/mol. The maximum Gasteiger partial charge on any atom is 0.269 e. The van der Waals surface area contributed by atoms with Crippen LogP contribution in [0.25, 0.3) is 0 Å². The highest BCUT2D eigenvalue weighted by Crippen LogP contribution is 2.28. The van der Waals surface area contributed by atoms with Gasteiger partial charge in [-0.3, -0.25) is 14.6 Å². The second kappa shape index (κ2) is 6.33. The molecule has 23 heavy (non-hydrogen) atoms. The van der Waals surface area contributed by atoms with Crippen LogP contribution in [0.1, 0.15) is 0 Å². The summed E-state index contributed by atoms with van der Waals surface area (Å²) >= 11 is 0. The molecule has 4 aliphatic rings. The fourth-order valence-electron chi connectivity index (χ4n) is 3.89. The number of nitrogens with zero attached hydrogens (tertiary/aromatic N) is 5. The van der Waals surface area contributed by atoms with E-state index in [9.17, 15) is 10.1 Å². The summed E-state index contributed by atoms with van der Waals surface area (Å²) in [6.07, 6.45) is 0. The van der Waals surface area contributed by atoms with Crippen molar-refractivity contribution in [3.63, 3.8) is 0 Å². The second-order valence-corrected chi connectivity index (χ2v) is 6.53. The lowest BCUT2D eigenvalue weighted by atomic mass is 10.3. The van der Waals surface area contributed by atoms with E-state index >= 15 is 0 Å². The highest BCUT2D eigenvalue weighted by Gasteiger charge is 2.48. The molecule has 0 radical (unpaired) electrons. The Balaban J connectivity index is 0.00000156. The summed E-state index contributed by atoms with van der Waals surface area (Å²) in [6, 6.07) is 6.30. The van der Waals surface area contributed by atoms with Crippen LogP contribution < -0.4 is 21.7 Å². The van der Waals surface area contributed by atoms with Crippen LogP contribution in [-0.4, -0.2) is 77.3 Å². The summed E-state index contributed by atoms with van der Waals surface area (Å²) < 4.78 is 6.82. The van der Waals surface area contributed by atoms with E-state index in [2.05, 4.69) is 14.7 Å². The molecule has 5 rings (SSSR count). The van der Waals surface area contributed by atoms with Crippen molar-refractivity contribution in [2.75, 3.05) is 53.2 Å². The Kier molecular flexibility index (Phi) is 4.56. The Morgan fingerprint density at radius 2 is 1.57 bits per heavy atom. The maximum atomic E-state index is 10.6. The van der Waals surface area contributed by atoms with Crippen LogP contribution in [-0.2, 0) is 0 Å². The molecule has 8 nitrogen and oxygen atoms in total. The van der Waals surface area contributed by atoms with Crippen molar-refractivity contribution in [3.05, 3.63) is 34.4 Å². The molecule has 1 aromatic carbocycles. The summed E-state index contributed by atoms with van der Waals surface area (Å²) in [5, 5.41) is 10.6. The number of benzene rings is 1. The van der Waals surface area contributed by atoms with E-state index in [1.807, 2.05) is 0 Å². The Labute approximate surface area is 145 Å².